The molecule has 0 amide bonds. The molecule has 0 aliphatic rings. The van der Waals surface area contributed by atoms with Crippen molar-refractivity contribution < 1.29 is 9.18 Å². The van der Waals surface area contributed by atoms with Crippen molar-refractivity contribution >= 4 is 38.5 Å². The zero-order valence-electron chi connectivity index (χ0n) is 6.26. The number of thiophene rings is 2. The second kappa shape index (κ2) is 2.64. The fourth-order valence-electron chi connectivity index (χ4n) is 1.03. The first-order valence-corrected chi connectivity index (χ1v) is 5.11. The van der Waals surface area contributed by atoms with Crippen molar-refractivity contribution in [2.45, 2.75) is 6.92 Å². The van der Waals surface area contributed by atoms with Crippen molar-refractivity contribution in [1.29, 1.82) is 0 Å². The fraction of sp³-hybridized carbons (Fsp3) is 0.125. The van der Waals surface area contributed by atoms with Crippen LogP contribution in [0.1, 0.15) is 16.6 Å². The molecule has 2 aromatic rings. The van der Waals surface area contributed by atoms with E-state index in [0.717, 1.165) is 4.70 Å². The Kier molecular flexibility index (Phi) is 1.73. The van der Waals surface area contributed by atoms with E-state index in [1.165, 1.54) is 29.6 Å². The zero-order valence-corrected chi connectivity index (χ0v) is 7.89. The summed E-state index contributed by atoms with van der Waals surface area (Å²) in [7, 11) is 0. The van der Waals surface area contributed by atoms with Gasteiger partial charge in [0.15, 0.2) is 11.6 Å². The number of halogens is 1. The SMILES string of the molecule is CC(=O)c1sc2cscc2c1F. The molecule has 0 radical (unpaired) electrons. The average Bonchev–Trinajstić information content (AvgIpc) is 2.53. The topological polar surface area (TPSA) is 17.1 Å². The molecule has 0 aromatic carbocycles. The average molecular weight is 200 g/mol. The van der Waals surface area contributed by atoms with E-state index in [2.05, 4.69) is 0 Å². The van der Waals surface area contributed by atoms with Crippen LogP contribution in [0.5, 0.6) is 0 Å². The Morgan fingerprint density at radius 2 is 2.25 bits per heavy atom. The Morgan fingerprint density at radius 1 is 1.50 bits per heavy atom. The largest absolute Gasteiger partial charge is 0.293 e. The van der Waals surface area contributed by atoms with E-state index in [-0.39, 0.29) is 16.5 Å². The monoisotopic (exact) mass is 200 g/mol. The van der Waals surface area contributed by atoms with Crippen LogP contribution < -0.4 is 0 Å². The summed E-state index contributed by atoms with van der Waals surface area (Å²) >= 11 is 2.68. The van der Waals surface area contributed by atoms with Crippen LogP contribution in [-0.2, 0) is 0 Å². The van der Waals surface area contributed by atoms with Crippen molar-refractivity contribution in [3.63, 3.8) is 0 Å². The van der Waals surface area contributed by atoms with Gasteiger partial charge in [0.1, 0.15) is 4.88 Å². The van der Waals surface area contributed by atoms with E-state index in [1.807, 2.05) is 5.38 Å². The minimum Gasteiger partial charge on any atom is -0.293 e. The smallest absolute Gasteiger partial charge is 0.172 e. The highest BCUT2D eigenvalue weighted by molar-refractivity contribution is 7.24. The van der Waals surface area contributed by atoms with Gasteiger partial charge >= 0.3 is 0 Å². The summed E-state index contributed by atoms with van der Waals surface area (Å²) in [5, 5.41) is 4.17. The lowest BCUT2D eigenvalue weighted by molar-refractivity contribution is 0.101. The van der Waals surface area contributed by atoms with E-state index in [9.17, 15) is 9.18 Å². The Hall–Kier alpha value is -0.740. The van der Waals surface area contributed by atoms with E-state index >= 15 is 0 Å². The molecule has 1 nitrogen and oxygen atoms in total. The standard InChI is InChI=1S/C8H5FOS2/c1-4(10)8-7(9)5-2-11-3-6(5)12-8/h2-3H,1H3. The molecule has 4 heteroatoms. The molecular weight excluding hydrogens is 195 g/mol. The molecule has 0 saturated carbocycles. The molecule has 2 rings (SSSR count). The summed E-state index contributed by atoms with van der Waals surface area (Å²) in [6, 6.07) is 0. The van der Waals surface area contributed by atoms with Crippen LogP contribution in [0.2, 0.25) is 0 Å². The number of fused-ring (bicyclic) bond motifs is 1. The van der Waals surface area contributed by atoms with Crippen LogP contribution in [0, 0.1) is 5.82 Å². The zero-order chi connectivity index (χ0) is 8.72. The molecule has 0 saturated heterocycles. The minimum absolute atomic E-state index is 0.196. The molecule has 0 unspecified atom stereocenters. The number of hydrogen-bond acceptors (Lipinski definition) is 3. The predicted molar refractivity (Wildman–Crippen MR) is 49.7 cm³/mol. The lowest BCUT2D eigenvalue weighted by atomic mass is 10.3. The van der Waals surface area contributed by atoms with Crippen LogP contribution in [0.4, 0.5) is 4.39 Å². The van der Waals surface area contributed by atoms with Crippen LogP contribution >= 0.6 is 22.7 Å². The molecule has 0 aliphatic heterocycles. The molecule has 0 spiro atoms. The second-order valence-electron chi connectivity index (χ2n) is 2.45. The second-order valence-corrected chi connectivity index (χ2v) is 4.25. The molecule has 12 heavy (non-hydrogen) atoms. The van der Waals surface area contributed by atoms with Gasteiger partial charge in [-0.2, -0.15) is 11.3 Å². The van der Waals surface area contributed by atoms with Gasteiger partial charge in [0.25, 0.3) is 0 Å². The predicted octanol–water partition coefficient (Wildman–Crippen LogP) is 3.30. The summed E-state index contributed by atoms with van der Waals surface area (Å²) in [5.74, 6) is -0.553. The third-order valence-electron chi connectivity index (χ3n) is 1.59. The van der Waals surface area contributed by atoms with Crippen molar-refractivity contribution in [3.8, 4) is 0 Å². The van der Waals surface area contributed by atoms with Gasteiger partial charge in [-0.25, -0.2) is 4.39 Å². The number of Topliss-reactive ketones (excluding diaryl/α,β-unsaturated/α-hetero) is 1. The molecular formula is C8H5FOS2. The molecule has 0 bridgehead atoms. The van der Waals surface area contributed by atoms with Crippen LogP contribution in [0.3, 0.4) is 0 Å². The molecule has 0 fully saturated rings. The van der Waals surface area contributed by atoms with Crippen molar-refractivity contribution in [2.75, 3.05) is 0 Å². The quantitative estimate of drug-likeness (QED) is 0.645. The number of carbonyl (C=O) groups is 1. The van der Waals surface area contributed by atoms with E-state index < -0.39 is 0 Å². The number of ketones is 1. The maximum atomic E-state index is 13.3. The first-order valence-electron chi connectivity index (χ1n) is 3.35. The van der Waals surface area contributed by atoms with E-state index in [1.54, 1.807) is 5.38 Å². The third kappa shape index (κ3) is 0.990. The number of carbonyl (C=O) groups excluding carboxylic acids is 1. The number of hydrogen-bond donors (Lipinski definition) is 0. The third-order valence-corrected chi connectivity index (χ3v) is 3.72. The van der Waals surface area contributed by atoms with Gasteiger partial charge in [0.05, 0.1) is 0 Å². The van der Waals surface area contributed by atoms with Gasteiger partial charge < -0.3 is 0 Å². The maximum Gasteiger partial charge on any atom is 0.172 e. The molecule has 2 heterocycles. The Morgan fingerprint density at radius 3 is 2.83 bits per heavy atom. The van der Waals surface area contributed by atoms with Gasteiger partial charge in [-0.1, -0.05) is 0 Å². The molecule has 0 N–H and O–H groups in total. The van der Waals surface area contributed by atoms with E-state index in [0.29, 0.717) is 5.39 Å². The summed E-state index contributed by atoms with van der Waals surface area (Å²) in [6.45, 7) is 1.39. The van der Waals surface area contributed by atoms with Crippen LogP contribution in [-0.4, -0.2) is 5.78 Å². The summed E-state index contributed by atoms with van der Waals surface area (Å²) in [5.41, 5.74) is 0. The van der Waals surface area contributed by atoms with Crippen molar-refractivity contribution in [1.82, 2.24) is 0 Å². The summed E-state index contributed by atoms with van der Waals surface area (Å²) in [6.07, 6.45) is 0. The van der Waals surface area contributed by atoms with Crippen molar-refractivity contribution in [3.05, 3.63) is 21.5 Å². The molecule has 2 aromatic heterocycles. The van der Waals surface area contributed by atoms with E-state index in [4.69, 9.17) is 0 Å². The van der Waals surface area contributed by atoms with Gasteiger partial charge in [-0.15, -0.1) is 11.3 Å². The van der Waals surface area contributed by atoms with Crippen molar-refractivity contribution in [2.24, 2.45) is 0 Å². The number of rotatable bonds is 1. The highest BCUT2D eigenvalue weighted by Gasteiger charge is 2.15. The minimum atomic E-state index is -0.358. The lowest BCUT2D eigenvalue weighted by Crippen LogP contribution is -1.89. The highest BCUT2D eigenvalue weighted by atomic mass is 32.1. The van der Waals surface area contributed by atoms with Crippen LogP contribution in [0.25, 0.3) is 10.1 Å². The Balaban J connectivity index is 2.78. The Bertz CT molecular complexity index is 441. The summed E-state index contributed by atoms with van der Waals surface area (Å²) in [4.78, 5) is 11.2. The van der Waals surface area contributed by atoms with Gasteiger partial charge in [0.2, 0.25) is 0 Å². The van der Waals surface area contributed by atoms with Crippen LogP contribution in [0.15, 0.2) is 10.8 Å². The first-order chi connectivity index (χ1) is 5.70. The molecule has 62 valence electrons. The lowest BCUT2D eigenvalue weighted by Gasteiger charge is -1.85. The molecule has 0 atom stereocenters. The first kappa shape index (κ1) is 7.89. The Labute approximate surface area is 76.5 Å². The normalized spacial score (nSPS) is 10.8. The maximum absolute atomic E-state index is 13.3. The highest BCUT2D eigenvalue weighted by Crippen LogP contribution is 2.32. The summed E-state index contributed by atoms with van der Waals surface area (Å²) < 4.78 is 14.2. The van der Waals surface area contributed by atoms with Gasteiger partial charge in [0, 0.05) is 27.8 Å². The molecule has 0 aliphatic carbocycles. The van der Waals surface area contributed by atoms with Gasteiger partial charge in [-0.05, 0) is 0 Å². The van der Waals surface area contributed by atoms with Gasteiger partial charge in [-0.3, -0.25) is 4.79 Å². The fourth-order valence-corrected chi connectivity index (χ4v) is 2.97.